The average molecular weight is 405 g/mol. The Bertz CT molecular complexity index is 1240. The molecule has 1 saturated heterocycles. The summed E-state index contributed by atoms with van der Waals surface area (Å²) < 4.78 is 1.12. The summed E-state index contributed by atoms with van der Waals surface area (Å²) in [5.74, 6) is -1.34. The zero-order valence-corrected chi connectivity index (χ0v) is 16.4. The average Bonchev–Trinajstić information content (AvgIpc) is 2.98. The number of hydrogen-bond acceptors (Lipinski definition) is 5. The fourth-order valence-electron chi connectivity index (χ4n) is 3.28. The third-order valence-corrected chi connectivity index (χ3v) is 5.20. The SMILES string of the molecule is CCC1(C)NC(=O)N(NC(=O)c2nn(-c3ccccc3)c(=O)c3ccccc23)C1=O. The summed E-state index contributed by atoms with van der Waals surface area (Å²) in [6, 6.07) is 14.5. The van der Waals surface area contributed by atoms with Crippen molar-refractivity contribution in [2.24, 2.45) is 0 Å². The van der Waals surface area contributed by atoms with Crippen LogP contribution in [0.2, 0.25) is 0 Å². The molecule has 4 amide bonds. The first-order valence-corrected chi connectivity index (χ1v) is 9.41. The number of hydrazine groups is 1. The van der Waals surface area contributed by atoms with Gasteiger partial charge in [0, 0.05) is 5.39 Å². The quantitative estimate of drug-likeness (QED) is 0.642. The normalized spacial score (nSPS) is 18.5. The highest BCUT2D eigenvalue weighted by Gasteiger charge is 2.47. The Hall–Kier alpha value is -4.01. The number of rotatable bonds is 4. The molecule has 0 spiro atoms. The number of nitrogens with one attached hydrogen (secondary N) is 2. The lowest BCUT2D eigenvalue weighted by atomic mass is 10.00. The predicted octanol–water partition coefficient (Wildman–Crippen LogP) is 1.75. The first-order valence-electron chi connectivity index (χ1n) is 9.41. The summed E-state index contributed by atoms with van der Waals surface area (Å²) in [6.45, 7) is 3.34. The number of fused-ring (bicyclic) bond motifs is 1. The lowest BCUT2D eigenvalue weighted by molar-refractivity contribution is -0.132. The molecule has 2 aromatic carbocycles. The summed E-state index contributed by atoms with van der Waals surface area (Å²) in [6.07, 6.45) is 0.365. The molecule has 1 aromatic heterocycles. The van der Waals surface area contributed by atoms with Crippen molar-refractivity contribution in [3.8, 4) is 5.69 Å². The van der Waals surface area contributed by atoms with Crippen molar-refractivity contribution in [1.82, 2.24) is 25.5 Å². The highest BCUT2D eigenvalue weighted by molar-refractivity contribution is 6.11. The molecule has 30 heavy (non-hydrogen) atoms. The van der Waals surface area contributed by atoms with Gasteiger partial charge >= 0.3 is 6.03 Å². The van der Waals surface area contributed by atoms with Crippen LogP contribution in [0.15, 0.2) is 59.4 Å². The molecule has 3 aromatic rings. The van der Waals surface area contributed by atoms with Crippen LogP contribution in [-0.4, -0.2) is 38.2 Å². The van der Waals surface area contributed by atoms with Gasteiger partial charge in [0.2, 0.25) is 0 Å². The van der Waals surface area contributed by atoms with E-state index in [1.54, 1.807) is 68.4 Å². The first kappa shape index (κ1) is 19.3. The minimum Gasteiger partial charge on any atom is -0.322 e. The minimum atomic E-state index is -1.09. The van der Waals surface area contributed by atoms with Gasteiger partial charge in [-0.15, -0.1) is 0 Å². The largest absolute Gasteiger partial charge is 0.344 e. The molecule has 0 aliphatic carbocycles. The van der Waals surface area contributed by atoms with E-state index in [9.17, 15) is 19.2 Å². The van der Waals surface area contributed by atoms with E-state index in [1.807, 2.05) is 0 Å². The Morgan fingerprint density at radius 1 is 1.03 bits per heavy atom. The first-order chi connectivity index (χ1) is 14.4. The third-order valence-electron chi connectivity index (χ3n) is 5.20. The molecule has 1 fully saturated rings. The maximum atomic E-state index is 13.0. The van der Waals surface area contributed by atoms with Gasteiger partial charge in [0.15, 0.2) is 5.69 Å². The Kier molecular flexibility index (Phi) is 4.57. The second-order valence-corrected chi connectivity index (χ2v) is 7.14. The highest BCUT2D eigenvalue weighted by atomic mass is 16.2. The number of urea groups is 1. The fourth-order valence-corrected chi connectivity index (χ4v) is 3.28. The second-order valence-electron chi connectivity index (χ2n) is 7.14. The van der Waals surface area contributed by atoms with E-state index in [0.717, 1.165) is 4.68 Å². The van der Waals surface area contributed by atoms with E-state index in [4.69, 9.17) is 0 Å². The number of benzene rings is 2. The number of carbonyl (C=O) groups excluding carboxylic acids is 3. The Morgan fingerprint density at radius 3 is 2.30 bits per heavy atom. The molecule has 2 N–H and O–H groups in total. The maximum absolute atomic E-state index is 13.0. The highest BCUT2D eigenvalue weighted by Crippen LogP contribution is 2.20. The van der Waals surface area contributed by atoms with Gasteiger partial charge in [-0.3, -0.25) is 19.8 Å². The van der Waals surface area contributed by atoms with Crippen molar-refractivity contribution < 1.29 is 14.4 Å². The summed E-state index contributed by atoms with van der Waals surface area (Å²) in [5.41, 5.74) is 1.25. The Labute approximate surface area is 171 Å². The van der Waals surface area contributed by atoms with E-state index >= 15 is 0 Å². The van der Waals surface area contributed by atoms with Gasteiger partial charge in [-0.1, -0.05) is 43.3 Å². The standard InChI is InChI=1S/C21H19N5O4/c1-3-21(2)19(29)26(20(30)22-21)24-17(27)16-14-11-7-8-12-15(14)18(28)25(23-16)13-9-5-4-6-10-13/h4-12H,3H2,1-2H3,(H,22,30)(H,24,27). The van der Waals surface area contributed by atoms with Gasteiger partial charge in [-0.25, -0.2) is 4.79 Å². The van der Waals surface area contributed by atoms with Crippen LogP contribution in [0.4, 0.5) is 4.79 Å². The fraction of sp³-hybridized carbons (Fsp3) is 0.190. The zero-order chi connectivity index (χ0) is 21.5. The van der Waals surface area contributed by atoms with Gasteiger partial charge in [0.25, 0.3) is 17.4 Å². The Morgan fingerprint density at radius 2 is 1.67 bits per heavy atom. The number of amides is 4. The van der Waals surface area contributed by atoms with Crippen molar-refractivity contribution in [2.45, 2.75) is 25.8 Å². The monoisotopic (exact) mass is 405 g/mol. The summed E-state index contributed by atoms with van der Waals surface area (Å²) in [7, 11) is 0. The van der Waals surface area contributed by atoms with Gasteiger partial charge < -0.3 is 5.32 Å². The Balaban J connectivity index is 1.80. The molecule has 9 nitrogen and oxygen atoms in total. The number of para-hydroxylation sites is 1. The molecule has 1 aliphatic rings. The van der Waals surface area contributed by atoms with Gasteiger partial charge in [-0.05, 0) is 31.5 Å². The summed E-state index contributed by atoms with van der Waals surface area (Å²) in [4.78, 5) is 50.8. The van der Waals surface area contributed by atoms with E-state index in [0.29, 0.717) is 22.5 Å². The topological polar surface area (TPSA) is 113 Å². The van der Waals surface area contributed by atoms with Crippen LogP contribution in [0.1, 0.15) is 30.8 Å². The molecule has 9 heteroatoms. The van der Waals surface area contributed by atoms with Gasteiger partial charge in [0.1, 0.15) is 5.54 Å². The molecule has 0 saturated carbocycles. The molecular formula is C21H19N5O4. The van der Waals surface area contributed by atoms with Crippen LogP contribution in [0, 0.1) is 0 Å². The van der Waals surface area contributed by atoms with Crippen molar-refractivity contribution in [3.63, 3.8) is 0 Å². The molecule has 1 atom stereocenters. The maximum Gasteiger partial charge on any atom is 0.344 e. The zero-order valence-electron chi connectivity index (χ0n) is 16.4. The van der Waals surface area contributed by atoms with Gasteiger partial charge in [-0.2, -0.15) is 14.8 Å². The van der Waals surface area contributed by atoms with Crippen LogP contribution in [0.3, 0.4) is 0 Å². The smallest absolute Gasteiger partial charge is 0.322 e. The van der Waals surface area contributed by atoms with Crippen LogP contribution >= 0.6 is 0 Å². The molecular weight excluding hydrogens is 386 g/mol. The number of nitrogens with zero attached hydrogens (tertiary/aromatic N) is 3. The number of carbonyl (C=O) groups is 3. The number of aromatic nitrogens is 2. The van der Waals surface area contributed by atoms with Crippen molar-refractivity contribution in [1.29, 1.82) is 0 Å². The van der Waals surface area contributed by atoms with Crippen molar-refractivity contribution in [2.75, 3.05) is 0 Å². The second kappa shape index (κ2) is 7.11. The molecule has 4 rings (SSSR count). The van der Waals surface area contributed by atoms with Crippen LogP contribution in [-0.2, 0) is 4.79 Å². The summed E-state index contributed by atoms with van der Waals surface area (Å²) >= 11 is 0. The number of imide groups is 1. The lowest BCUT2D eigenvalue weighted by Gasteiger charge is -2.19. The number of hydrogen-bond donors (Lipinski definition) is 2. The van der Waals surface area contributed by atoms with E-state index in [-0.39, 0.29) is 16.6 Å². The van der Waals surface area contributed by atoms with E-state index in [2.05, 4.69) is 15.8 Å². The van der Waals surface area contributed by atoms with Crippen LogP contribution in [0.25, 0.3) is 16.5 Å². The van der Waals surface area contributed by atoms with E-state index < -0.39 is 23.4 Å². The summed E-state index contributed by atoms with van der Waals surface area (Å²) in [5, 5.41) is 8.07. The predicted molar refractivity (Wildman–Crippen MR) is 109 cm³/mol. The van der Waals surface area contributed by atoms with Crippen LogP contribution < -0.4 is 16.3 Å². The third kappa shape index (κ3) is 3.00. The molecule has 2 heterocycles. The molecule has 1 unspecified atom stereocenters. The lowest BCUT2D eigenvalue weighted by Crippen LogP contribution is -2.49. The van der Waals surface area contributed by atoms with Crippen molar-refractivity contribution in [3.05, 3.63) is 70.6 Å². The van der Waals surface area contributed by atoms with Gasteiger partial charge in [0.05, 0.1) is 11.1 Å². The van der Waals surface area contributed by atoms with E-state index in [1.165, 1.54) is 0 Å². The van der Waals surface area contributed by atoms with Crippen molar-refractivity contribution >= 4 is 28.6 Å². The molecule has 152 valence electrons. The minimum absolute atomic E-state index is 0.0836. The molecule has 1 aliphatic heterocycles. The molecule has 0 bridgehead atoms. The molecule has 0 radical (unpaired) electrons. The van der Waals surface area contributed by atoms with Crippen LogP contribution in [0.5, 0.6) is 0 Å².